The largest absolute Gasteiger partial charge is 0.486 e. The van der Waals surface area contributed by atoms with E-state index in [4.69, 9.17) is 32.7 Å². The summed E-state index contributed by atoms with van der Waals surface area (Å²) in [5.74, 6) is 1.45. The van der Waals surface area contributed by atoms with E-state index in [1.54, 1.807) is 18.2 Å². The van der Waals surface area contributed by atoms with Gasteiger partial charge in [-0.05, 0) is 48.7 Å². The molecule has 1 atom stereocenters. The third-order valence-corrected chi connectivity index (χ3v) is 5.01. The van der Waals surface area contributed by atoms with Crippen LogP contribution in [0.2, 0.25) is 10.0 Å². The molecule has 130 valence electrons. The molecule has 0 radical (unpaired) electrons. The van der Waals surface area contributed by atoms with Crippen LogP contribution in [0.25, 0.3) is 0 Å². The zero-order valence-electron chi connectivity index (χ0n) is 13.5. The molecule has 2 aliphatic rings. The summed E-state index contributed by atoms with van der Waals surface area (Å²) in [5, 5.41) is 0.928. The molecule has 2 heterocycles. The van der Waals surface area contributed by atoms with Gasteiger partial charge in [-0.1, -0.05) is 29.3 Å². The number of carbonyl (C=O) groups is 1. The van der Waals surface area contributed by atoms with Crippen molar-refractivity contribution in [2.24, 2.45) is 0 Å². The second-order valence-corrected chi connectivity index (χ2v) is 7.09. The van der Waals surface area contributed by atoms with Crippen molar-refractivity contribution >= 4 is 29.1 Å². The summed E-state index contributed by atoms with van der Waals surface area (Å²) in [6.45, 7) is 1.82. The smallest absolute Gasteiger partial charge is 0.254 e. The Morgan fingerprint density at radius 2 is 1.72 bits per heavy atom. The highest BCUT2D eigenvalue weighted by Crippen LogP contribution is 2.38. The molecule has 4 rings (SSSR count). The molecular weight excluding hydrogens is 361 g/mol. The van der Waals surface area contributed by atoms with E-state index in [1.807, 2.05) is 23.1 Å². The van der Waals surface area contributed by atoms with Crippen LogP contribution in [0.1, 0.15) is 34.8 Å². The highest BCUT2D eigenvalue weighted by molar-refractivity contribution is 6.35. The van der Waals surface area contributed by atoms with Gasteiger partial charge in [0, 0.05) is 22.2 Å². The standard InChI is InChI=1S/C19H17Cl2NO3/c20-14-8-13(9-15(21)11-14)19(23)22-5-1-2-16(22)12-3-4-17-18(10-12)25-7-6-24-17/h3-4,8-11,16H,1-2,5-7H2/t16-/m0/s1. The van der Waals surface area contributed by atoms with Gasteiger partial charge in [-0.15, -0.1) is 0 Å². The summed E-state index contributed by atoms with van der Waals surface area (Å²) in [5.41, 5.74) is 1.57. The Morgan fingerprint density at radius 1 is 1.00 bits per heavy atom. The molecule has 0 saturated carbocycles. The van der Waals surface area contributed by atoms with Crippen molar-refractivity contribution in [3.05, 3.63) is 57.6 Å². The number of hydrogen-bond donors (Lipinski definition) is 0. The van der Waals surface area contributed by atoms with E-state index in [0.29, 0.717) is 35.4 Å². The quantitative estimate of drug-likeness (QED) is 0.758. The van der Waals surface area contributed by atoms with E-state index in [9.17, 15) is 4.79 Å². The first kappa shape index (κ1) is 16.6. The maximum absolute atomic E-state index is 13.0. The van der Waals surface area contributed by atoms with E-state index < -0.39 is 0 Å². The number of rotatable bonds is 2. The van der Waals surface area contributed by atoms with Gasteiger partial charge < -0.3 is 14.4 Å². The molecule has 6 heteroatoms. The Kier molecular flexibility index (Phi) is 4.48. The molecule has 2 aromatic rings. The average molecular weight is 378 g/mol. The van der Waals surface area contributed by atoms with Crippen molar-refractivity contribution in [1.29, 1.82) is 0 Å². The monoisotopic (exact) mass is 377 g/mol. The normalized spacial score (nSPS) is 19.1. The summed E-state index contributed by atoms with van der Waals surface area (Å²) < 4.78 is 11.2. The van der Waals surface area contributed by atoms with Gasteiger partial charge in [-0.3, -0.25) is 4.79 Å². The first-order valence-corrected chi connectivity index (χ1v) is 9.04. The van der Waals surface area contributed by atoms with Gasteiger partial charge in [-0.25, -0.2) is 0 Å². The molecule has 0 unspecified atom stereocenters. The van der Waals surface area contributed by atoms with Gasteiger partial charge in [0.2, 0.25) is 0 Å². The summed E-state index contributed by atoms with van der Waals surface area (Å²) in [6, 6.07) is 10.9. The van der Waals surface area contributed by atoms with E-state index in [-0.39, 0.29) is 11.9 Å². The lowest BCUT2D eigenvalue weighted by Gasteiger charge is -2.27. The van der Waals surface area contributed by atoms with Gasteiger partial charge in [0.05, 0.1) is 6.04 Å². The van der Waals surface area contributed by atoms with Crippen LogP contribution in [-0.4, -0.2) is 30.6 Å². The number of benzene rings is 2. The third kappa shape index (κ3) is 3.29. The molecule has 25 heavy (non-hydrogen) atoms. The molecule has 2 aromatic carbocycles. The van der Waals surface area contributed by atoms with E-state index in [0.717, 1.165) is 29.9 Å². The molecule has 0 spiro atoms. The second kappa shape index (κ2) is 6.77. The second-order valence-electron chi connectivity index (χ2n) is 6.22. The number of amides is 1. The van der Waals surface area contributed by atoms with E-state index >= 15 is 0 Å². The summed E-state index contributed by atoms with van der Waals surface area (Å²) in [6.07, 6.45) is 1.87. The van der Waals surface area contributed by atoms with Gasteiger partial charge in [-0.2, -0.15) is 0 Å². The lowest BCUT2D eigenvalue weighted by atomic mass is 10.0. The fourth-order valence-electron chi connectivity index (χ4n) is 3.47. The predicted octanol–water partition coefficient (Wildman–Crippen LogP) is 4.74. The van der Waals surface area contributed by atoms with Gasteiger partial charge in [0.15, 0.2) is 11.5 Å². The Balaban J connectivity index is 1.63. The first-order chi connectivity index (χ1) is 12.1. The minimum atomic E-state index is -0.0539. The first-order valence-electron chi connectivity index (χ1n) is 8.28. The van der Waals surface area contributed by atoms with Crippen LogP contribution in [0.4, 0.5) is 0 Å². The highest BCUT2D eigenvalue weighted by atomic mass is 35.5. The van der Waals surface area contributed by atoms with Crippen LogP contribution in [0, 0.1) is 0 Å². The van der Waals surface area contributed by atoms with Crippen LogP contribution in [0.15, 0.2) is 36.4 Å². The molecule has 4 nitrogen and oxygen atoms in total. The van der Waals surface area contributed by atoms with Gasteiger partial charge >= 0.3 is 0 Å². The molecule has 1 saturated heterocycles. The van der Waals surface area contributed by atoms with Crippen molar-refractivity contribution in [3.8, 4) is 11.5 Å². The Morgan fingerprint density at radius 3 is 2.48 bits per heavy atom. The van der Waals surface area contributed by atoms with Crippen LogP contribution in [0.5, 0.6) is 11.5 Å². The fourth-order valence-corrected chi connectivity index (χ4v) is 3.99. The fraction of sp³-hybridized carbons (Fsp3) is 0.316. The average Bonchev–Trinajstić information content (AvgIpc) is 3.09. The lowest BCUT2D eigenvalue weighted by molar-refractivity contribution is 0.0735. The Bertz CT molecular complexity index is 804. The summed E-state index contributed by atoms with van der Waals surface area (Å²) >= 11 is 12.1. The number of halogens is 2. The van der Waals surface area contributed by atoms with Crippen LogP contribution >= 0.6 is 23.2 Å². The van der Waals surface area contributed by atoms with Crippen molar-refractivity contribution in [2.45, 2.75) is 18.9 Å². The molecule has 1 amide bonds. The predicted molar refractivity (Wildman–Crippen MR) is 96.9 cm³/mol. The van der Waals surface area contributed by atoms with Gasteiger partial charge in [0.25, 0.3) is 5.91 Å². The molecule has 2 aliphatic heterocycles. The highest BCUT2D eigenvalue weighted by Gasteiger charge is 2.31. The van der Waals surface area contributed by atoms with Crippen molar-refractivity contribution in [3.63, 3.8) is 0 Å². The molecule has 0 N–H and O–H groups in total. The van der Waals surface area contributed by atoms with E-state index in [1.165, 1.54) is 0 Å². The maximum Gasteiger partial charge on any atom is 0.254 e. The number of hydrogen-bond acceptors (Lipinski definition) is 3. The number of ether oxygens (including phenoxy) is 2. The number of fused-ring (bicyclic) bond motifs is 1. The SMILES string of the molecule is O=C(c1cc(Cl)cc(Cl)c1)N1CCC[C@H]1c1ccc2c(c1)OCCO2. The summed E-state index contributed by atoms with van der Waals surface area (Å²) in [4.78, 5) is 14.9. The zero-order valence-corrected chi connectivity index (χ0v) is 15.0. The van der Waals surface area contributed by atoms with Crippen LogP contribution in [0.3, 0.4) is 0 Å². The van der Waals surface area contributed by atoms with Crippen LogP contribution < -0.4 is 9.47 Å². The van der Waals surface area contributed by atoms with Crippen molar-refractivity contribution in [1.82, 2.24) is 4.90 Å². The molecule has 0 bridgehead atoms. The van der Waals surface area contributed by atoms with Crippen molar-refractivity contribution in [2.75, 3.05) is 19.8 Å². The molecule has 0 aromatic heterocycles. The zero-order chi connectivity index (χ0) is 17.4. The minimum Gasteiger partial charge on any atom is -0.486 e. The van der Waals surface area contributed by atoms with Crippen molar-refractivity contribution < 1.29 is 14.3 Å². The summed E-state index contributed by atoms with van der Waals surface area (Å²) in [7, 11) is 0. The number of likely N-dealkylation sites (tertiary alicyclic amines) is 1. The van der Waals surface area contributed by atoms with Crippen LogP contribution in [-0.2, 0) is 0 Å². The molecular formula is C19H17Cl2NO3. The minimum absolute atomic E-state index is 0.0149. The Labute approximate surface area is 156 Å². The molecule has 0 aliphatic carbocycles. The topological polar surface area (TPSA) is 38.8 Å². The van der Waals surface area contributed by atoms with E-state index in [2.05, 4.69) is 0 Å². The number of carbonyl (C=O) groups excluding carboxylic acids is 1. The molecule has 1 fully saturated rings. The third-order valence-electron chi connectivity index (χ3n) is 4.57. The Hall–Kier alpha value is -1.91. The number of nitrogens with zero attached hydrogens (tertiary/aromatic N) is 1. The maximum atomic E-state index is 13.0. The lowest BCUT2D eigenvalue weighted by Crippen LogP contribution is -2.30. The van der Waals surface area contributed by atoms with Gasteiger partial charge in [0.1, 0.15) is 13.2 Å².